The molecule has 1 aliphatic heterocycles. The summed E-state index contributed by atoms with van der Waals surface area (Å²) in [4.78, 5) is 36.9. The van der Waals surface area contributed by atoms with E-state index in [1.807, 2.05) is 6.07 Å². The Balaban J connectivity index is 0.00000142. The standard InChI is InChI=1S/C29H28F3N7O4.C2H4O2/c1-5-19(16-33)9-10-20(11-12-37-14-13-36(3)23(37)17-40)25-24(26(41)43-4)18(2)38(27-34-35-28(42)39(25)27)22-8-6-7-21(15-22)29(30,31)32;1-4-2-3/h5-10,13-15,25,40H,1,11-12,17H2,2-4H3;2H,1H3/p+1/b19-9+,20-10+;/t25-;/m1./s1. The lowest BCUT2D eigenvalue weighted by Crippen LogP contribution is -2.38. The monoisotopic (exact) mass is 656 g/mol. The lowest BCUT2D eigenvalue weighted by molar-refractivity contribution is -0.680. The Morgan fingerprint density at radius 1 is 1.30 bits per heavy atom. The molecular weight excluding hydrogens is 623 g/mol. The Bertz CT molecular complexity index is 1820. The highest BCUT2D eigenvalue weighted by Crippen LogP contribution is 2.43. The minimum Gasteiger partial charge on any atom is -0.471 e. The summed E-state index contributed by atoms with van der Waals surface area (Å²) in [5.41, 5.74) is -0.788. The van der Waals surface area contributed by atoms with E-state index in [1.54, 1.807) is 34.7 Å². The molecular formula is C31H33F3N7O6+. The topological polar surface area (TPSA) is 159 Å². The van der Waals surface area contributed by atoms with Gasteiger partial charge in [-0.2, -0.15) is 18.4 Å². The normalized spacial score (nSPS) is 14.9. The van der Waals surface area contributed by atoms with Gasteiger partial charge in [-0.1, -0.05) is 24.8 Å². The maximum Gasteiger partial charge on any atom is 0.416 e. The summed E-state index contributed by atoms with van der Waals surface area (Å²) in [6.07, 6.45) is 3.52. The zero-order valence-electron chi connectivity index (χ0n) is 26.0. The summed E-state index contributed by atoms with van der Waals surface area (Å²) in [6, 6.07) is 5.32. The van der Waals surface area contributed by atoms with Crippen molar-refractivity contribution in [1.82, 2.24) is 19.3 Å². The van der Waals surface area contributed by atoms with Crippen LogP contribution in [0.1, 0.15) is 30.8 Å². The van der Waals surface area contributed by atoms with E-state index in [2.05, 4.69) is 21.5 Å². The first-order chi connectivity index (χ1) is 22.4. The third kappa shape index (κ3) is 7.76. The highest BCUT2D eigenvalue weighted by atomic mass is 19.4. The number of allylic oxidation sites excluding steroid dienone is 6. The van der Waals surface area contributed by atoms with E-state index < -0.39 is 29.4 Å². The van der Waals surface area contributed by atoms with Gasteiger partial charge in [-0.3, -0.25) is 9.69 Å². The Kier molecular flexibility index (Phi) is 11.8. The number of carbonyl (C=O) groups is 2. The number of H-pyrrole nitrogens is 1. The van der Waals surface area contributed by atoms with Gasteiger partial charge < -0.3 is 14.6 Å². The molecule has 0 amide bonds. The van der Waals surface area contributed by atoms with Crippen LogP contribution in [0.4, 0.5) is 24.8 Å². The Morgan fingerprint density at radius 2 is 2.00 bits per heavy atom. The third-order valence-electron chi connectivity index (χ3n) is 7.24. The molecule has 2 aromatic heterocycles. The maximum absolute atomic E-state index is 13.6. The highest BCUT2D eigenvalue weighted by molar-refractivity contribution is 5.93. The fourth-order valence-corrected chi connectivity index (χ4v) is 5.00. The number of methoxy groups -OCH3 is 2. The number of halogens is 3. The molecule has 2 N–H and O–H groups in total. The molecule has 0 fully saturated rings. The van der Waals surface area contributed by atoms with Crippen molar-refractivity contribution in [2.75, 3.05) is 19.1 Å². The number of aromatic nitrogens is 5. The average molecular weight is 657 g/mol. The molecule has 0 bridgehead atoms. The van der Waals surface area contributed by atoms with Gasteiger partial charge in [0.05, 0.1) is 56.6 Å². The van der Waals surface area contributed by atoms with Crippen molar-refractivity contribution >= 4 is 24.1 Å². The predicted octanol–water partition coefficient (Wildman–Crippen LogP) is 3.29. The number of nitrogens with zero attached hydrogens (tertiary/aromatic N) is 6. The first-order valence-electron chi connectivity index (χ1n) is 13.9. The molecule has 1 aromatic carbocycles. The molecule has 16 heteroatoms. The van der Waals surface area contributed by atoms with Crippen LogP contribution in [0.15, 0.2) is 88.7 Å². The molecule has 248 valence electrons. The number of carbonyl (C=O) groups excluding carboxylic acids is 2. The fraction of sp³-hybridized carbons (Fsp3) is 0.290. The number of aromatic amines is 1. The van der Waals surface area contributed by atoms with Gasteiger partial charge in [-0.05, 0) is 36.8 Å². The number of anilines is 2. The van der Waals surface area contributed by atoms with Gasteiger partial charge in [0.25, 0.3) is 12.3 Å². The minimum atomic E-state index is -4.64. The number of nitriles is 1. The van der Waals surface area contributed by atoms with Crippen LogP contribution in [0.3, 0.4) is 0 Å². The van der Waals surface area contributed by atoms with E-state index in [0.717, 1.165) is 19.2 Å². The largest absolute Gasteiger partial charge is 0.471 e. The zero-order chi connectivity index (χ0) is 34.9. The number of hydrogen-bond donors (Lipinski definition) is 2. The van der Waals surface area contributed by atoms with Crippen LogP contribution in [-0.4, -0.2) is 51.1 Å². The van der Waals surface area contributed by atoms with Crippen molar-refractivity contribution < 1.29 is 41.9 Å². The average Bonchev–Trinajstić information content (AvgIpc) is 3.62. The van der Waals surface area contributed by atoms with Gasteiger partial charge in [0.15, 0.2) is 0 Å². The van der Waals surface area contributed by atoms with Crippen molar-refractivity contribution in [3.63, 3.8) is 0 Å². The lowest BCUT2D eigenvalue weighted by atomic mass is 9.91. The number of hydrogen-bond acceptors (Lipinski definition) is 9. The first kappa shape index (κ1) is 35.8. The van der Waals surface area contributed by atoms with Crippen LogP contribution in [0.25, 0.3) is 0 Å². The van der Waals surface area contributed by atoms with Crippen LogP contribution in [0, 0.1) is 11.3 Å². The Morgan fingerprint density at radius 3 is 2.57 bits per heavy atom. The van der Waals surface area contributed by atoms with Crippen LogP contribution >= 0.6 is 0 Å². The van der Waals surface area contributed by atoms with Gasteiger partial charge in [0.2, 0.25) is 5.95 Å². The lowest BCUT2D eigenvalue weighted by Gasteiger charge is -2.36. The molecule has 0 unspecified atom stereocenters. The summed E-state index contributed by atoms with van der Waals surface area (Å²) in [6.45, 7) is 5.58. The molecule has 0 saturated carbocycles. The van der Waals surface area contributed by atoms with Crippen molar-refractivity contribution in [2.24, 2.45) is 7.05 Å². The number of aryl methyl sites for hydroxylation is 2. The quantitative estimate of drug-likeness (QED) is 0.110. The number of fused-ring (bicyclic) bond motifs is 1. The van der Waals surface area contributed by atoms with E-state index in [1.165, 1.54) is 47.8 Å². The number of alkyl halides is 3. The van der Waals surface area contributed by atoms with Gasteiger partial charge in [0.1, 0.15) is 19.0 Å². The molecule has 13 nitrogen and oxygen atoms in total. The van der Waals surface area contributed by atoms with Gasteiger partial charge in [-0.25, -0.2) is 28.4 Å². The Hall–Kier alpha value is -5.69. The molecule has 0 radical (unpaired) electrons. The van der Waals surface area contributed by atoms with Crippen LogP contribution < -0.4 is 15.2 Å². The Labute approximate surface area is 267 Å². The van der Waals surface area contributed by atoms with Crippen LogP contribution in [-0.2, 0) is 45.4 Å². The molecule has 1 aliphatic rings. The second-order valence-corrected chi connectivity index (χ2v) is 9.91. The number of aliphatic hydroxyl groups is 1. The number of rotatable bonds is 10. The first-order valence-corrected chi connectivity index (χ1v) is 13.9. The maximum atomic E-state index is 13.6. The number of aliphatic hydroxyl groups excluding tert-OH is 1. The van der Waals surface area contributed by atoms with Crippen LogP contribution in [0.2, 0.25) is 0 Å². The molecule has 1 atom stereocenters. The molecule has 4 rings (SSSR count). The molecule has 47 heavy (non-hydrogen) atoms. The summed E-state index contributed by atoms with van der Waals surface area (Å²) >= 11 is 0. The number of esters is 1. The smallest absolute Gasteiger partial charge is 0.416 e. The minimum absolute atomic E-state index is 0.0173. The molecule has 0 aliphatic carbocycles. The second kappa shape index (κ2) is 15.5. The molecule has 0 spiro atoms. The van der Waals surface area contributed by atoms with Gasteiger partial charge in [0, 0.05) is 17.8 Å². The van der Waals surface area contributed by atoms with Crippen molar-refractivity contribution in [3.05, 3.63) is 106 Å². The summed E-state index contributed by atoms with van der Waals surface area (Å²) in [5.74, 6) is -0.276. The van der Waals surface area contributed by atoms with Crippen molar-refractivity contribution in [2.45, 2.75) is 38.7 Å². The predicted molar refractivity (Wildman–Crippen MR) is 161 cm³/mol. The van der Waals surface area contributed by atoms with Crippen molar-refractivity contribution in [3.8, 4) is 6.07 Å². The third-order valence-corrected chi connectivity index (χ3v) is 7.24. The van der Waals surface area contributed by atoms with E-state index in [4.69, 9.17) is 9.53 Å². The summed E-state index contributed by atoms with van der Waals surface area (Å²) < 4.78 is 54.5. The van der Waals surface area contributed by atoms with E-state index in [-0.39, 0.29) is 41.5 Å². The number of imidazole rings is 1. The molecule has 3 heterocycles. The zero-order valence-corrected chi connectivity index (χ0v) is 26.0. The van der Waals surface area contributed by atoms with Gasteiger partial charge >= 0.3 is 17.8 Å². The van der Waals surface area contributed by atoms with E-state index in [0.29, 0.717) is 24.4 Å². The molecule has 3 aromatic rings. The molecule has 0 saturated heterocycles. The second-order valence-electron chi connectivity index (χ2n) is 9.91. The number of benzene rings is 1. The highest BCUT2D eigenvalue weighted by Gasteiger charge is 2.41. The van der Waals surface area contributed by atoms with Gasteiger partial charge in [-0.15, -0.1) is 5.10 Å². The fourth-order valence-electron chi connectivity index (χ4n) is 5.00. The van der Waals surface area contributed by atoms with Crippen LogP contribution in [0.5, 0.6) is 0 Å². The SMILES string of the molecule is C=C/C(C#N)=C\C=C(/CCn1cc[n+](C)c1CO)[C@@H]1C(C(=O)OC)=C(C)N(c2cccc(C(F)(F)F)c2)c2n[nH]c(=O)n21.COC=O. The summed E-state index contributed by atoms with van der Waals surface area (Å²) in [5, 5.41) is 25.8. The van der Waals surface area contributed by atoms with E-state index >= 15 is 0 Å². The van der Waals surface area contributed by atoms with Crippen molar-refractivity contribution in [1.29, 1.82) is 5.26 Å². The van der Waals surface area contributed by atoms with E-state index in [9.17, 15) is 33.1 Å². The summed E-state index contributed by atoms with van der Waals surface area (Å²) in [7, 11) is 4.24. The number of ether oxygens (including phenoxy) is 2. The number of nitrogens with one attached hydrogen (secondary N) is 1.